The van der Waals surface area contributed by atoms with Gasteiger partial charge in [0.05, 0.1) is 12.7 Å². The van der Waals surface area contributed by atoms with Gasteiger partial charge in [-0.1, -0.05) is 0 Å². The molecule has 0 saturated heterocycles. The van der Waals surface area contributed by atoms with Crippen LogP contribution in [0.2, 0.25) is 0 Å². The maximum atomic E-state index is 12.7. The molecule has 8 heteroatoms. The molecule has 0 aliphatic carbocycles. The van der Waals surface area contributed by atoms with Gasteiger partial charge in [-0.2, -0.15) is 22.0 Å². The molecule has 0 aromatic carbocycles. The van der Waals surface area contributed by atoms with E-state index < -0.39 is 24.8 Å². The minimum atomic E-state index is -5.61. The van der Waals surface area contributed by atoms with Crippen molar-refractivity contribution in [2.45, 2.75) is 44.5 Å². The summed E-state index contributed by atoms with van der Waals surface area (Å²) in [6.45, 7) is 3.84. The number of rotatable bonds is 7. The van der Waals surface area contributed by atoms with Gasteiger partial charge in [-0.05, 0) is 20.8 Å². The molecule has 0 aromatic rings. The van der Waals surface area contributed by atoms with Gasteiger partial charge in [0.1, 0.15) is 6.61 Å². The van der Waals surface area contributed by atoms with E-state index in [1.54, 1.807) is 0 Å². The van der Waals surface area contributed by atoms with Gasteiger partial charge in [0.25, 0.3) is 0 Å². The van der Waals surface area contributed by atoms with Crippen molar-refractivity contribution in [1.29, 1.82) is 0 Å². The van der Waals surface area contributed by atoms with Gasteiger partial charge in [0.2, 0.25) is 0 Å². The number of alkyl halides is 5. The highest BCUT2D eigenvalue weighted by Crippen LogP contribution is 2.35. The van der Waals surface area contributed by atoms with Crippen LogP contribution < -0.4 is 5.32 Å². The maximum Gasteiger partial charge on any atom is 0.455 e. The topological polar surface area (TPSA) is 30.5 Å². The van der Waals surface area contributed by atoms with Gasteiger partial charge in [-0.15, -0.1) is 0 Å². The molecule has 0 bridgehead atoms. The van der Waals surface area contributed by atoms with Crippen LogP contribution in [-0.4, -0.2) is 50.6 Å². The van der Waals surface area contributed by atoms with Crippen molar-refractivity contribution in [2.24, 2.45) is 0 Å². The summed E-state index contributed by atoms with van der Waals surface area (Å²) >= 11 is 0. The van der Waals surface area contributed by atoms with E-state index in [-0.39, 0.29) is 18.7 Å². The summed E-state index contributed by atoms with van der Waals surface area (Å²) in [4.78, 5) is 0. The second-order valence-electron chi connectivity index (χ2n) is 5.22. The Hall–Kier alpha value is -0.470. The monoisotopic (exact) mass is 293 g/mol. The first-order valence-corrected chi connectivity index (χ1v) is 5.69. The molecule has 19 heavy (non-hydrogen) atoms. The van der Waals surface area contributed by atoms with Crippen molar-refractivity contribution in [3.8, 4) is 0 Å². The molecule has 0 aliphatic rings. The van der Waals surface area contributed by atoms with E-state index in [2.05, 4.69) is 10.1 Å². The predicted molar refractivity (Wildman–Crippen MR) is 60.4 cm³/mol. The zero-order chi connectivity index (χ0) is 15.3. The van der Waals surface area contributed by atoms with E-state index in [0.29, 0.717) is 0 Å². The van der Waals surface area contributed by atoms with Crippen LogP contribution in [0, 0.1) is 0 Å². The summed E-state index contributed by atoms with van der Waals surface area (Å²) in [5.41, 5.74) is -0.304. The summed E-state index contributed by atoms with van der Waals surface area (Å²) in [7, 11) is 1.31. The van der Waals surface area contributed by atoms with Gasteiger partial charge in [-0.25, -0.2) is 0 Å². The molecule has 0 amide bonds. The normalized spacial score (nSPS) is 15.6. The van der Waals surface area contributed by atoms with Gasteiger partial charge in [-0.3, -0.25) is 0 Å². The van der Waals surface area contributed by atoms with Crippen molar-refractivity contribution < 1.29 is 31.4 Å². The molecule has 1 atom stereocenters. The molecule has 0 saturated carbocycles. The van der Waals surface area contributed by atoms with E-state index in [1.165, 1.54) is 7.11 Å². The lowest BCUT2D eigenvalue weighted by Crippen LogP contribution is -2.46. The Balaban J connectivity index is 4.36. The molecule has 0 aromatic heterocycles. The van der Waals surface area contributed by atoms with Crippen LogP contribution in [0.3, 0.4) is 0 Å². The minimum Gasteiger partial charge on any atom is -0.382 e. The van der Waals surface area contributed by atoms with Gasteiger partial charge in [0.15, 0.2) is 0 Å². The van der Waals surface area contributed by atoms with Crippen LogP contribution in [0.5, 0.6) is 0 Å². The molecule has 0 spiro atoms. The van der Waals surface area contributed by atoms with Crippen molar-refractivity contribution in [2.75, 3.05) is 26.9 Å². The number of methoxy groups -OCH3 is 1. The highest BCUT2D eigenvalue weighted by Gasteiger charge is 2.57. The lowest BCUT2D eigenvalue weighted by Gasteiger charge is -2.27. The third kappa shape index (κ3) is 7.64. The molecule has 3 nitrogen and oxygen atoms in total. The lowest BCUT2D eigenvalue weighted by atomic mass is 10.1. The molecular formula is C11H20F5NO2. The summed E-state index contributed by atoms with van der Waals surface area (Å²) < 4.78 is 70.6. The second kappa shape index (κ2) is 6.81. The van der Waals surface area contributed by atoms with Crippen LogP contribution in [0.1, 0.15) is 20.8 Å². The summed E-state index contributed by atoms with van der Waals surface area (Å²) in [6.07, 6.45) is -6.49. The SMILES string of the molecule is COCC(CNC(C)(C)C)OCC(F)(F)C(F)(F)F. The van der Waals surface area contributed by atoms with E-state index in [9.17, 15) is 22.0 Å². The average molecular weight is 293 g/mol. The Morgan fingerprint density at radius 2 is 1.58 bits per heavy atom. The quantitative estimate of drug-likeness (QED) is 0.732. The molecule has 0 radical (unpaired) electrons. The molecule has 0 fully saturated rings. The average Bonchev–Trinajstić information content (AvgIpc) is 2.19. The first kappa shape index (κ1) is 18.5. The molecule has 0 aliphatic heterocycles. The summed E-state index contributed by atoms with van der Waals surface area (Å²) in [5.74, 6) is -4.86. The highest BCUT2D eigenvalue weighted by atomic mass is 19.4. The fourth-order valence-electron chi connectivity index (χ4n) is 1.08. The smallest absolute Gasteiger partial charge is 0.382 e. The summed E-state index contributed by atoms with van der Waals surface area (Å²) in [5, 5.41) is 2.95. The van der Waals surface area contributed by atoms with Gasteiger partial charge >= 0.3 is 12.1 Å². The Morgan fingerprint density at radius 3 is 1.95 bits per heavy atom. The second-order valence-corrected chi connectivity index (χ2v) is 5.22. The third-order valence-corrected chi connectivity index (χ3v) is 2.13. The zero-order valence-corrected chi connectivity index (χ0v) is 11.4. The predicted octanol–water partition coefficient (Wildman–Crippen LogP) is 2.60. The number of ether oxygens (including phenoxy) is 2. The van der Waals surface area contributed by atoms with E-state index >= 15 is 0 Å². The number of hydrogen-bond donors (Lipinski definition) is 1. The Morgan fingerprint density at radius 1 is 1.05 bits per heavy atom. The van der Waals surface area contributed by atoms with Crippen molar-refractivity contribution in [3.05, 3.63) is 0 Å². The summed E-state index contributed by atoms with van der Waals surface area (Å²) in [6, 6.07) is 0. The van der Waals surface area contributed by atoms with Gasteiger partial charge < -0.3 is 14.8 Å². The molecular weight excluding hydrogens is 273 g/mol. The lowest BCUT2D eigenvalue weighted by molar-refractivity contribution is -0.300. The standard InChI is InChI=1S/C11H20F5NO2/c1-9(2,3)17-5-8(6-18-4)19-7-10(12,13)11(14,15)16/h8,17H,5-7H2,1-4H3. The maximum absolute atomic E-state index is 12.7. The van der Waals surface area contributed by atoms with Crippen molar-refractivity contribution in [1.82, 2.24) is 5.32 Å². The molecule has 0 rings (SSSR count). The molecule has 116 valence electrons. The van der Waals surface area contributed by atoms with E-state index in [4.69, 9.17) is 4.74 Å². The van der Waals surface area contributed by atoms with E-state index in [0.717, 1.165) is 0 Å². The number of halogens is 5. The zero-order valence-electron chi connectivity index (χ0n) is 11.4. The van der Waals surface area contributed by atoms with Gasteiger partial charge in [0, 0.05) is 19.2 Å². The first-order valence-electron chi connectivity index (χ1n) is 5.69. The van der Waals surface area contributed by atoms with Crippen LogP contribution in [0.25, 0.3) is 0 Å². The fourth-order valence-corrected chi connectivity index (χ4v) is 1.08. The molecule has 1 N–H and O–H groups in total. The van der Waals surface area contributed by atoms with Crippen LogP contribution in [0.4, 0.5) is 22.0 Å². The first-order chi connectivity index (χ1) is 8.39. The third-order valence-electron chi connectivity index (χ3n) is 2.13. The molecule has 1 unspecified atom stereocenters. The number of hydrogen-bond acceptors (Lipinski definition) is 3. The van der Waals surface area contributed by atoms with Crippen molar-refractivity contribution in [3.63, 3.8) is 0 Å². The largest absolute Gasteiger partial charge is 0.455 e. The Labute approximate surface area is 109 Å². The Kier molecular flexibility index (Phi) is 6.64. The van der Waals surface area contributed by atoms with Crippen LogP contribution in [0.15, 0.2) is 0 Å². The van der Waals surface area contributed by atoms with Crippen LogP contribution in [-0.2, 0) is 9.47 Å². The van der Waals surface area contributed by atoms with Crippen LogP contribution >= 0.6 is 0 Å². The Bertz CT molecular complexity index is 263. The highest BCUT2D eigenvalue weighted by molar-refractivity contribution is 4.78. The van der Waals surface area contributed by atoms with E-state index in [1.807, 2.05) is 20.8 Å². The number of nitrogens with one attached hydrogen (secondary N) is 1. The molecule has 0 heterocycles. The minimum absolute atomic E-state index is 0.0724. The van der Waals surface area contributed by atoms with Crippen molar-refractivity contribution >= 4 is 0 Å². The fraction of sp³-hybridized carbons (Fsp3) is 1.00.